The molecular formula is C10H6BrN3O2S. The fraction of sp³-hybridized carbons (Fsp3) is 0. The minimum atomic E-state index is -1.10. The van der Waals surface area contributed by atoms with Crippen LogP contribution in [0.1, 0.15) is 10.5 Å². The summed E-state index contributed by atoms with van der Waals surface area (Å²) >= 11 is 4.60. The Morgan fingerprint density at radius 2 is 2.24 bits per heavy atom. The average Bonchev–Trinajstić information content (AvgIpc) is 2.32. The molecule has 0 fully saturated rings. The molecule has 0 radical (unpaired) electrons. The van der Waals surface area contributed by atoms with Gasteiger partial charge in [-0.25, -0.2) is 14.8 Å². The molecule has 0 bridgehead atoms. The van der Waals surface area contributed by atoms with E-state index in [-0.39, 0.29) is 5.69 Å². The third kappa shape index (κ3) is 3.01. The number of hydrogen-bond acceptors (Lipinski definition) is 5. The third-order valence-corrected chi connectivity index (χ3v) is 3.58. The Bertz CT molecular complexity index is 565. The molecule has 0 saturated carbocycles. The third-order valence-electron chi connectivity index (χ3n) is 1.76. The summed E-state index contributed by atoms with van der Waals surface area (Å²) in [6, 6.07) is 3.65. The molecule has 1 N–H and O–H groups in total. The van der Waals surface area contributed by atoms with E-state index in [1.54, 1.807) is 12.3 Å². The average molecular weight is 312 g/mol. The van der Waals surface area contributed by atoms with Crippen LogP contribution in [0.2, 0.25) is 0 Å². The van der Waals surface area contributed by atoms with Gasteiger partial charge in [0.25, 0.3) is 0 Å². The van der Waals surface area contributed by atoms with Crippen LogP contribution in [0.3, 0.4) is 0 Å². The summed E-state index contributed by atoms with van der Waals surface area (Å²) < 4.78 is 0.826. The van der Waals surface area contributed by atoms with E-state index in [0.29, 0.717) is 10.1 Å². The fourth-order valence-corrected chi connectivity index (χ4v) is 2.28. The quantitative estimate of drug-likeness (QED) is 0.938. The zero-order valence-electron chi connectivity index (χ0n) is 8.37. The highest BCUT2D eigenvalue weighted by Gasteiger charge is 2.09. The molecule has 5 nitrogen and oxygen atoms in total. The second kappa shape index (κ2) is 5.24. The Balaban J connectivity index is 2.28. The lowest BCUT2D eigenvalue weighted by molar-refractivity contribution is 0.0689. The zero-order valence-corrected chi connectivity index (χ0v) is 10.8. The molecule has 0 unspecified atom stereocenters. The fourth-order valence-electron chi connectivity index (χ4n) is 1.05. The van der Waals surface area contributed by atoms with Crippen molar-refractivity contribution < 1.29 is 9.90 Å². The van der Waals surface area contributed by atoms with Crippen molar-refractivity contribution in [2.75, 3.05) is 0 Å². The summed E-state index contributed by atoms with van der Waals surface area (Å²) in [4.78, 5) is 22.7. The van der Waals surface area contributed by atoms with E-state index < -0.39 is 5.97 Å². The molecule has 2 aromatic rings. The Kier molecular flexibility index (Phi) is 3.70. The lowest BCUT2D eigenvalue weighted by Gasteiger charge is -2.02. The molecule has 0 aliphatic rings. The van der Waals surface area contributed by atoms with Gasteiger partial charge in [0.1, 0.15) is 10.1 Å². The minimum Gasteiger partial charge on any atom is -0.476 e. The number of pyridine rings is 1. The van der Waals surface area contributed by atoms with Crippen LogP contribution in [-0.4, -0.2) is 26.0 Å². The number of carbonyl (C=O) groups is 1. The number of carboxylic acid groups (broad SMARTS) is 1. The number of aromatic nitrogens is 3. The molecule has 2 aromatic heterocycles. The van der Waals surface area contributed by atoms with E-state index in [2.05, 4.69) is 30.9 Å². The number of aromatic carboxylic acids is 1. The number of rotatable bonds is 3. The highest BCUT2D eigenvalue weighted by molar-refractivity contribution is 9.10. The number of hydrogen-bond donors (Lipinski definition) is 1. The highest BCUT2D eigenvalue weighted by Crippen LogP contribution is 2.29. The lowest BCUT2D eigenvalue weighted by atomic mass is 10.5. The van der Waals surface area contributed by atoms with E-state index in [1.807, 2.05) is 6.07 Å². The summed E-state index contributed by atoms with van der Waals surface area (Å²) in [6.07, 6.45) is 4.36. The van der Waals surface area contributed by atoms with E-state index in [0.717, 1.165) is 4.47 Å². The van der Waals surface area contributed by atoms with Crippen LogP contribution in [0.15, 0.2) is 45.2 Å². The van der Waals surface area contributed by atoms with Gasteiger partial charge in [-0.3, -0.25) is 4.98 Å². The van der Waals surface area contributed by atoms with Gasteiger partial charge in [0.05, 0.1) is 16.9 Å². The number of nitrogens with zero attached hydrogens (tertiary/aromatic N) is 3. The van der Waals surface area contributed by atoms with Crippen molar-refractivity contribution in [1.82, 2.24) is 15.0 Å². The van der Waals surface area contributed by atoms with Crippen LogP contribution < -0.4 is 0 Å². The zero-order chi connectivity index (χ0) is 12.3. The predicted octanol–water partition coefficient (Wildman–Crippen LogP) is 2.48. The second-order valence-corrected chi connectivity index (χ2v) is 4.80. The molecule has 0 aliphatic heterocycles. The molecular weight excluding hydrogens is 306 g/mol. The molecule has 0 amide bonds. The summed E-state index contributed by atoms with van der Waals surface area (Å²) in [5, 5.41) is 10.00. The molecule has 17 heavy (non-hydrogen) atoms. The maximum absolute atomic E-state index is 10.7. The van der Waals surface area contributed by atoms with Gasteiger partial charge in [0.2, 0.25) is 0 Å². The molecule has 0 aromatic carbocycles. The number of carboxylic acids is 1. The van der Waals surface area contributed by atoms with Crippen molar-refractivity contribution >= 4 is 33.7 Å². The van der Waals surface area contributed by atoms with Gasteiger partial charge in [-0.15, -0.1) is 0 Å². The smallest absolute Gasteiger partial charge is 0.356 e. The maximum Gasteiger partial charge on any atom is 0.356 e. The molecule has 0 aliphatic carbocycles. The first-order valence-electron chi connectivity index (χ1n) is 4.50. The van der Waals surface area contributed by atoms with Crippen molar-refractivity contribution in [2.24, 2.45) is 0 Å². The highest BCUT2D eigenvalue weighted by atomic mass is 79.9. The number of halogens is 1. The van der Waals surface area contributed by atoms with E-state index in [4.69, 9.17) is 5.11 Å². The molecule has 86 valence electrons. The van der Waals surface area contributed by atoms with Gasteiger partial charge < -0.3 is 5.11 Å². The van der Waals surface area contributed by atoms with E-state index in [9.17, 15) is 4.79 Å². The first-order valence-corrected chi connectivity index (χ1v) is 6.11. The van der Waals surface area contributed by atoms with Crippen molar-refractivity contribution in [2.45, 2.75) is 10.1 Å². The van der Waals surface area contributed by atoms with Crippen molar-refractivity contribution in [3.63, 3.8) is 0 Å². The van der Waals surface area contributed by atoms with Gasteiger partial charge in [0.15, 0.2) is 5.69 Å². The summed E-state index contributed by atoms with van der Waals surface area (Å²) in [6.45, 7) is 0. The van der Waals surface area contributed by atoms with E-state index >= 15 is 0 Å². The molecule has 2 heterocycles. The molecule has 0 saturated heterocycles. The second-order valence-electron chi connectivity index (χ2n) is 2.94. The van der Waals surface area contributed by atoms with Gasteiger partial charge in [-0.2, -0.15) is 0 Å². The topological polar surface area (TPSA) is 76.0 Å². The summed E-state index contributed by atoms with van der Waals surface area (Å²) in [7, 11) is 0. The van der Waals surface area contributed by atoms with Crippen LogP contribution in [0.25, 0.3) is 0 Å². The van der Waals surface area contributed by atoms with Crippen molar-refractivity contribution in [1.29, 1.82) is 0 Å². The maximum atomic E-state index is 10.7. The minimum absolute atomic E-state index is 0.0814. The molecule has 2 rings (SSSR count). The van der Waals surface area contributed by atoms with Gasteiger partial charge in [0, 0.05) is 6.20 Å². The molecule has 0 atom stereocenters. The van der Waals surface area contributed by atoms with Crippen LogP contribution in [0.5, 0.6) is 0 Å². The monoisotopic (exact) mass is 311 g/mol. The normalized spacial score (nSPS) is 10.2. The lowest BCUT2D eigenvalue weighted by Crippen LogP contribution is -2.01. The van der Waals surface area contributed by atoms with Crippen LogP contribution in [0.4, 0.5) is 0 Å². The van der Waals surface area contributed by atoms with Crippen molar-refractivity contribution in [3.05, 3.63) is 40.9 Å². The largest absolute Gasteiger partial charge is 0.476 e. The Labute approximate surface area is 109 Å². The SMILES string of the molecule is O=C(O)c1cncc(Sc2ncccc2Br)n1. The van der Waals surface area contributed by atoms with Gasteiger partial charge in [-0.05, 0) is 39.8 Å². The van der Waals surface area contributed by atoms with Crippen LogP contribution in [-0.2, 0) is 0 Å². The van der Waals surface area contributed by atoms with E-state index in [1.165, 1.54) is 24.2 Å². The first-order chi connectivity index (χ1) is 8.16. The van der Waals surface area contributed by atoms with Crippen LogP contribution in [0, 0.1) is 0 Å². The first kappa shape index (κ1) is 12.0. The van der Waals surface area contributed by atoms with Crippen molar-refractivity contribution in [3.8, 4) is 0 Å². The summed E-state index contributed by atoms with van der Waals surface area (Å²) in [5.74, 6) is -1.10. The predicted molar refractivity (Wildman–Crippen MR) is 65.1 cm³/mol. The molecule has 0 spiro atoms. The standard InChI is InChI=1S/C10H6BrN3O2S/c11-6-2-1-3-13-9(6)17-8-5-12-4-7(14-8)10(15)16/h1-5H,(H,15,16). The van der Waals surface area contributed by atoms with Gasteiger partial charge >= 0.3 is 5.97 Å². The summed E-state index contributed by atoms with van der Waals surface area (Å²) in [5.41, 5.74) is -0.0814. The Hall–Kier alpha value is -1.47. The Morgan fingerprint density at radius 3 is 2.94 bits per heavy atom. The van der Waals surface area contributed by atoms with Crippen LogP contribution >= 0.6 is 27.7 Å². The van der Waals surface area contributed by atoms with Gasteiger partial charge in [-0.1, -0.05) is 0 Å². The Morgan fingerprint density at radius 1 is 1.41 bits per heavy atom. The molecule has 7 heteroatoms.